The van der Waals surface area contributed by atoms with Crippen LogP contribution in [0.1, 0.15) is 44.8 Å². The predicted octanol–water partition coefficient (Wildman–Crippen LogP) is 3.35. The molecule has 2 rings (SSSR count). The zero-order chi connectivity index (χ0) is 13.8. The number of carbonyl (C=O) groups is 1. The van der Waals surface area contributed by atoms with Gasteiger partial charge in [0.25, 0.3) is 0 Å². The molecule has 104 valence electrons. The van der Waals surface area contributed by atoms with Crippen LogP contribution in [0.4, 0.5) is 0 Å². The number of carbonyl (C=O) groups excluding carboxylic acids is 1. The van der Waals surface area contributed by atoms with Gasteiger partial charge in [0, 0.05) is 11.6 Å². The van der Waals surface area contributed by atoms with Gasteiger partial charge in [-0.15, -0.1) is 0 Å². The first-order valence-electron chi connectivity index (χ1n) is 6.95. The van der Waals surface area contributed by atoms with Crippen molar-refractivity contribution in [3.05, 3.63) is 34.9 Å². The second kappa shape index (κ2) is 6.40. The molecule has 1 fully saturated rings. The Labute approximate surface area is 119 Å². The number of amides is 1. The number of rotatable bonds is 5. The molecule has 1 saturated heterocycles. The van der Waals surface area contributed by atoms with Gasteiger partial charge in [-0.25, -0.2) is 0 Å². The summed E-state index contributed by atoms with van der Waals surface area (Å²) in [5, 5.41) is 4.05. The van der Waals surface area contributed by atoms with Gasteiger partial charge in [0.1, 0.15) is 6.17 Å². The topological polar surface area (TPSA) is 32.3 Å². The summed E-state index contributed by atoms with van der Waals surface area (Å²) >= 11 is 6.04. The SMILES string of the molecule is CCCCCN1C(=O)C(C)NC1c1cccc(Cl)c1. The van der Waals surface area contributed by atoms with Gasteiger partial charge in [0.05, 0.1) is 6.04 Å². The fraction of sp³-hybridized carbons (Fsp3) is 0.533. The van der Waals surface area contributed by atoms with Crippen molar-refractivity contribution in [3.8, 4) is 0 Å². The molecule has 1 aliphatic heterocycles. The van der Waals surface area contributed by atoms with Gasteiger partial charge in [0.15, 0.2) is 0 Å². The summed E-state index contributed by atoms with van der Waals surface area (Å²) in [4.78, 5) is 14.1. The van der Waals surface area contributed by atoms with Crippen molar-refractivity contribution in [2.45, 2.75) is 45.3 Å². The van der Waals surface area contributed by atoms with Gasteiger partial charge in [-0.2, -0.15) is 0 Å². The van der Waals surface area contributed by atoms with Gasteiger partial charge in [-0.3, -0.25) is 10.1 Å². The molecule has 1 amide bonds. The average molecular weight is 281 g/mol. The second-order valence-electron chi connectivity index (χ2n) is 5.08. The molecule has 0 aromatic heterocycles. The molecule has 2 atom stereocenters. The third kappa shape index (κ3) is 3.28. The third-order valence-electron chi connectivity index (χ3n) is 3.54. The van der Waals surface area contributed by atoms with E-state index in [-0.39, 0.29) is 18.1 Å². The van der Waals surface area contributed by atoms with E-state index in [0.717, 1.165) is 31.4 Å². The molecule has 1 aliphatic rings. The zero-order valence-electron chi connectivity index (χ0n) is 11.5. The Hall–Kier alpha value is -1.06. The summed E-state index contributed by atoms with van der Waals surface area (Å²) < 4.78 is 0. The summed E-state index contributed by atoms with van der Waals surface area (Å²) in [6.45, 7) is 4.89. The van der Waals surface area contributed by atoms with Crippen LogP contribution in [0.2, 0.25) is 5.02 Å². The van der Waals surface area contributed by atoms with Crippen LogP contribution in [-0.4, -0.2) is 23.4 Å². The van der Waals surface area contributed by atoms with Crippen molar-refractivity contribution < 1.29 is 4.79 Å². The molecule has 4 heteroatoms. The zero-order valence-corrected chi connectivity index (χ0v) is 12.3. The molecule has 19 heavy (non-hydrogen) atoms. The van der Waals surface area contributed by atoms with E-state index < -0.39 is 0 Å². The Bertz CT molecular complexity index is 450. The van der Waals surface area contributed by atoms with Gasteiger partial charge in [-0.1, -0.05) is 43.5 Å². The van der Waals surface area contributed by atoms with Crippen molar-refractivity contribution in [2.24, 2.45) is 0 Å². The van der Waals surface area contributed by atoms with Gasteiger partial charge < -0.3 is 4.90 Å². The Kier molecular flexibility index (Phi) is 4.83. The van der Waals surface area contributed by atoms with Crippen LogP contribution in [0.25, 0.3) is 0 Å². The average Bonchev–Trinajstić information content (AvgIpc) is 2.67. The highest BCUT2D eigenvalue weighted by atomic mass is 35.5. The van der Waals surface area contributed by atoms with E-state index >= 15 is 0 Å². The van der Waals surface area contributed by atoms with E-state index in [9.17, 15) is 4.79 Å². The summed E-state index contributed by atoms with van der Waals surface area (Å²) in [6, 6.07) is 7.61. The number of halogens is 1. The van der Waals surface area contributed by atoms with Crippen LogP contribution in [0.3, 0.4) is 0 Å². The number of hydrogen-bond donors (Lipinski definition) is 1. The fourth-order valence-corrected chi connectivity index (χ4v) is 2.70. The highest BCUT2D eigenvalue weighted by Crippen LogP contribution is 2.27. The molecule has 0 radical (unpaired) electrons. The van der Waals surface area contributed by atoms with Crippen molar-refractivity contribution >= 4 is 17.5 Å². The van der Waals surface area contributed by atoms with Crippen LogP contribution in [0, 0.1) is 0 Å². The molecule has 0 saturated carbocycles. The number of unbranched alkanes of at least 4 members (excludes halogenated alkanes) is 2. The van der Waals surface area contributed by atoms with E-state index in [2.05, 4.69) is 12.2 Å². The normalized spacial score (nSPS) is 23.1. The van der Waals surface area contributed by atoms with Crippen LogP contribution >= 0.6 is 11.6 Å². The monoisotopic (exact) mass is 280 g/mol. The minimum Gasteiger partial charge on any atom is -0.322 e. The Morgan fingerprint density at radius 1 is 1.37 bits per heavy atom. The minimum atomic E-state index is -0.120. The maximum absolute atomic E-state index is 12.2. The number of hydrogen-bond acceptors (Lipinski definition) is 2. The highest BCUT2D eigenvalue weighted by molar-refractivity contribution is 6.30. The van der Waals surface area contributed by atoms with Crippen molar-refractivity contribution in [1.29, 1.82) is 0 Å². The highest BCUT2D eigenvalue weighted by Gasteiger charge is 2.36. The number of benzene rings is 1. The van der Waals surface area contributed by atoms with Gasteiger partial charge in [0.2, 0.25) is 5.91 Å². The summed E-state index contributed by atoms with van der Waals surface area (Å²) in [6.07, 6.45) is 3.32. The van der Waals surface area contributed by atoms with E-state index in [0.29, 0.717) is 5.02 Å². The van der Waals surface area contributed by atoms with Crippen LogP contribution < -0.4 is 5.32 Å². The van der Waals surface area contributed by atoms with E-state index in [1.807, 2.05) is 36.1 Å². The molecule has 2 unspecified atom stereocenters. The Morgan fingerprint density at radius 3 is 2.84 bits per heavy atom. The largest absolute Gasteiger partial charge is 0.322 e. The lowest BCUT2D eigenvalue weighted by molar-refractivity contribution is -0.129. The van der Waals surface area contributed by atoms with Crippen molar-refractivity contribution in [2.75, 3.05) is 6.54 Å². The fourth-order valence-electron chi connectivity index (χ4n) is 2.50. The smallest absolute Gasteiger partial charge is 0.241 e. The maximum atomic E-state index is 12.2. The minimum absolute atomic E-state index is 0.0435. The van der Waals surface area contributed by atoms with Gasteiger partial charge >= 0.3 is 0 Å². The molecule has 3 nitrogen and oxygen atoms in total. The summed E-state index contributed by atoms with van der Waals surface area (Å²) in [5.41, 5.74) is 1.06. The molecule has 1 N–H and O–H groups in total. The number of nitrogens with one attached hydrogen (secondary N) is 1. The predicted molar refractivity (Wildman–Crippen MR) is 78.0 cm³/mol. The van der Waals surface area contributed by atoms with E-state index in [1.54, 1.807) is 0 Å². The van der Waals surface area contributed by atoms with Crippen molar-refractivity contribution in [3.63, 3.8) is 0 Å². The first-order chi connectivity index (χ1) is 9.13. The molecule has 1 heterocycles. The van der Waals surface area contributed by atoms with Crippen molar-refractivity contribution in [1.82, 2.24) is 10.2 Å². The Balaban J connectivity index is 2.15. The van der Waals surface area contributed by atoms with Crippen LogP contribution in [-0.2, 0) is 4.79 Å². The molecular weight excluding hydrogens is 260 g/mol. The third-order valence-corrected chi connectivity index (χ3v) is 3.78. The molecular formula is C15H21ClN2O. The van der Waals surface area contributed by atoms with Gasteiger partial charge in [-0.05, 0) is 31.0 Å². The van der Waals surface area contributed by atoms with E-state index in [4.69, 9.17) is 11.6 Å². The maximum Gasteiger partial charge on any atom is 0.241 e. The van der Waals surface area contributed by atoms with E-state index in [1.165, 1.54) is 0 Å². The lowest BCUT2D eigenvalue weighted by atomic mass is 10.1. The molecule has 0 aliphatic carbocycles. The first-order valence-corrected chi connectivity index (χ1v) is 7.33. The van der Waals surface area contributed by atoms with Crippen LogP contribution in [0.15, 0.2) is 24.3 Å². The summed E-state index contributed by atoms with van der Waals surface area (Å²) in [7, 11) is 0. The Morgan fingerprint density at radius 2 is 2.16 bits per heavy atom. The molecule has 0 bridgehead atoms. The summed E-state index contributed by atoms with van der Waals surface area (Å²) in [5.74, 6) is 0.182. The standard InChI is InChI=1S/C15H21ClN2O/c1-3-4-5-9-18-14(17-11(2)15(18)19)12-7-6-8-13(16)10-12/h6-8,10-11,14,17H,3-5,9H2,1-2H3. The van der Waals surface area contributed by atoms with Crippen LogP contribution in [0.5, 0.6) is 0 Å². The molecule has 1 aromatic carbocycles. The lowest BCUT2D eigenvalue weighted by Gasteiger charge is -2.24. The molecule has 0 spiro atoms. The second-order valence-corrected chi connectivity index (χ2v) is 5.52. The number of nitrogens with zero attached hydrogens (tertiary/aromatic N) is 1. The molecule has 1 aromatic rings. The quantitative estimate of drug-likeness (QED) is 0.839. The lowest BCUT2D eigenvalue weighted by Crippen LogP contribution is -2.31. The first kappa shape index (κ1) is 14.4.